The first-order valence-corrected chi connectivity index (χ1v) is 8.88. The molecule has 2 rings (SSSR count). The van der Waals surface area contributed by atoms with E-state index < -0.39 is 0 Å². The first-order valence-electron chi connectivity index (χ1n) is 8.88. The van der Waals surface area contributed by atoms with Gasteiger partial charge in [0.2, 0.25) is 0 Å². The molecule has 1 aromatic heterocycles. The van der Waals surface area contributed by atoms with Crippen molar-refractivity contribution in [3.05, 3.63) is 54.4 Å². The van der Waals surface area contributed by atoms with Crippen molar-refractivity contribution < 1.29 is 0 Å². The monoisotopic (exact) mass is 455 g/mol. The van der Waals surface area contributed by atoms with Crippen molar-refractivity contribution in [1.82, 2.24) is 20.4 Å². The lowest BCUT2D eigenvalue weighted by Crippen LogP contribution is -2.38. The molecule has 2 N–H and O–H groups in total. The lowest BCUT2D eigenvalue weighted by Gasteiger charge is -2.15. The van der Waals surface area contributed by atoms with Gasteiger partial charge in [-0.05, 0) is 31.4 Å². The quantitative estimate of drug-likeness (QED) is 0.263. The van der Waals surface area contributed by atoms with Gasteiger partial charge in [-0.1, -0.05) is 37.3 Å². The second kappa shape index (κ2) is 12.7. The highest BCUT2D eigenvalue weighted by Crippen LogP contribution is 2.19. The first-order chi connectivity index (χ1) is 11.8. The molecule has 1 heterocycles. The van der Waals surface area contributed by atoms with Gasteiger partial charge in [-0.3, -0.25) is 9.67 Å². The summed E-state index contributed by atoms with van der Waals surface area (Å²) >= 11 is 0. The standard InChI is InChI=1S/C19H29N5.HI/c1-3-17(18-10-6-5-7-11-18)16-22-19(20-4-2)21-12-8-14-24-15-9-13-23-24;/h5-7,9-11,13,15,17H,3-4,8,12,14,16H2,1-2H3,(H2,20,21,22);1H. The Bertz CT molecular complexity index is 583. The van der Waals surface area contributed by atoms with E-state index >= 15 is 0 Å². The Morgan fingerprint density at radius 1 is 1.16 bits per heavy atom. The number of hydrogen-bond donors (Lipinski definition) is 2. The van der Waals surface area contributed by atoms with E-state index in [0.717, 1.165) is 45.0 Å². The highest BCUT2D eigenvalue weighted by atomic mass is 127. The Labute approximate surface area is 168 Å². The van der Waals surface area contributed by atoms with Gasteiger partial charge < -0.3 is 10.6 Å². The predicted octanol–water partition coefficient (Wildman–Crippen LogP) is 3.64. The summed E-state index contributed by atoms with van der Waals surface area (Å²) in [5.41, 5.74) is 1.36. The number of aromatic nitrogens is 2. The molecule has 2 aromatic rings. The van der Waals surface area contributed by atoms with Crippen LogP contribution in [0.5, 0.6) is 0 Å². The van der Waals surface area contributed by atoms with Gasteiger partial charge >= 0.3 is 0 Å². The van der Waals surface area contributed by atoms with Crippen molar-refractivity contribution in [2.24, 2.45) is 4.99 Å². The van der Waals surface area contributed by atoms with E-state index in [0.29, 0.717) is 5.92 Å². The van der Waals surface area contributed by atoms with Crippen molar-refractivity contribution >= 4 is 29.9 Å². The van der Waals surface area contributed by atoms with Crippen molar-refractivity contribution in [1.29, 1.82) is 0 Å². The van der Waals surface area contributed by atoms with E-state index in [9.17, 15) is 0 Å². The summed E-state index contributed by atoms with van der Waals surface area (Å²) in [6.07, 6.45) is 5.91. The maximum atomic E-state index is 4.77. The van der Waals surface area contributed by atoms with E-state index in [-0.39, 0.29) is 24.0 Å². The molecule has 0 bridgehead atoms. The molecule has 138 valence electrons. The van der Waals surface area contributed by atoms with Crippen LogP contribution in [0.15, 0.2) is 53.8 Å². The number of benzene rings is 1. The van der Waals surface area contributed by atoms with Gasteiger partial charge in [-0.2, -0.15) is 5.10 Å². The van der Waals surface area contributed by atoms with Crippen molar-refractivity contribution in [2.45, 2.75) is 39.2 Å². The predicted molar refractivity (Wildman–Crippen MR) is 116 cm³/mol. The topological polar surface area (TPSA) is 54.2 Å². The molecule has 0 saturated heterocycles. The van der Waals surface area contributed by atoms with E-state index in [1.165, 1.54) is 5.56 Å². The highest BCUT2D eigenvalue weighted by Gasteiger charge is 2.08. The van der Waals surface area contributed by atoms with Crippen LogP contribution in [0.25, 0.3) is 0 Å². The number of guanidine groups is 1. The minimum Gasteiger partial charge on any atom is -0.357 e. The van der Waals surface area contributed by atoms with Crippen LogP contribution in [0, 0.1) is 0 Å². The molecule has 6 heteroatoms. The fourth-order valence-corrected chi connectivity index (χ4v) is 2.62. The van der Waals surface area contributed by atoms with Crippen LogP contribution in [0.3, 0.4) is 0 Å². The number of nitrogens with one attached hydrogen (secondary N) is 2. The van der Waals surface area contributed by atoms with Gasteiger partial charge in [0.25, 0.3) is 0 Å². The minimum absolute atomic E-state index is 0. The van der Waals surface area contributed by atoms with Crippen LogP contribution in [0.4, 0.5) is 0 Å². The Morgan fingerprint density at radius 3 is 2.60 bits per heavy atom. The summed E-state index contributed by atoms with van der Waals surface area (Å²) in [7, 11) is 0. The van der Waals surface area contributed by atoms with E-state index in [4.69, 9.17) is 4.99 Å². The lowest BCUT2D eigenvalue weighted by atomic mass is 9.97. The SMILES string of the molecule is CCNC(=NCC(CC)c1ccccc1)NCCCn1cccn1.I. The van der Waals surface area contributed by atoms with Crippen LogP contribution in [0.1, 0.15) is 38.2 Å². The molecule has 0 fully saturated rings. The molecule has 0 aliphatic rings. The summed E-state index contributed by atoms with van der Waals surface area (Å²) < 4.78 is 1.95. The maximum Gasteiger partial charge on any atom is 0.191 e. The molecular weight excluding hydrogens is 425 g/mol. The second-order valence-corrected chi connectivity index (χ2v) is 5.78. The molecular formula is C19H30IN5. The summed E-state index contributed by atoms with van der Waals surface area (Å²) in [6.45, 7) is 7.78. The number of halogens is 1. The molecule has 25 heavy (non-hydrogen) atoms. The molecule has 0 aliphatic heterocycles. The minimum atomic E-state index is 0. The van der Waals surface area contributed by atoms with E-state index in [2.05, 4.69) is 59.9 Å². The summed E-state index contributed by atoms with van der Waals surface area (Å²) in [5, 5.41) is 11.0. The zero-order valence-electron chi connectivity index (χ0n) is 15.2. The normalized spacial score (nSPS) is 12.3. The first kappa shape index (κ1) is 21.5. The van der Waals surface area contributed by atoms with E-state index in [1.54, 1.807) is 0 Å². The Kier molecular flexibility index (Phi) is 10.9. The van der Waals surface area contributed by atoms with Gasteiger partial charge in [-0.25, -0.2) is 0 Å². The number of hydrogen-bond acceptors (Lipinski definition) is 2. The molecule has 0 aliphatic carbocycles. The molecule has 0 radical (unpaired) electrons. The van der Waals surface area contributed by atoms with Crippen LogP contribution >= 0.6 is 24.0 Å². The fraction of sp³-hybridized carbons (Fsp3) is 0.474. The molecule has 0 amide bonds. The Hall–Kier alpha value is -1.57. The maximum absolute atomic E-state index is 4.77. The summed E-state index contributed by atoms with van der Waals surface area (Å²) in [4.78, 5) is 4.77. The van der Waals surface area contributed by atoms with Crippen LogP contribution in [0.2, 0.25) is 0 Å². The average Bonchev–Trinajstić information content (AvgIpc) is 3.13. The molecule has 5 nitrogen and oxygen atoms in total. The zero-order valence-corrected chi connectivity index (χ0v) is 17.5. The Balaban J connectivity index is 0.00000312. The number of nitrogens with zero attached hydrogens (tertiary/aromatic N) is 3. The fourth-order valence-electron chi connectivity index (χ4n) is 2.62. The van der Waals surface area contributed by atoms with Gasteiger partial charge in [0, 0.05) is 44.5 Å². The van der Waals surface area contributed by atoms with Gasteiger partial charge in [0.05, 0.1) is 0 Å². The third-order valence-electron chi connectivity index (χ3n) is 3.99. The number of aryl methyl sites for hydroxylation is 1. The summed E-state index contributed by atoms with van der Waals surface area (Å²) in [5.74, 6) is 1.36. The van der Waals surface area contributed by atoms with Crippen molar-refractivity contribution in [3.8, 4) is 0 Å². The van der Waals surface area contributed by atoms with Gasteiger partial charge in [-0.15, -0.1) is 24.0 Å². The lowest BCUT2D eigenvalue weighted by molar-refractivity contribution is 0.569. The van der Waals surface area contributed by atoms with E-state index in [1.807, 2.05) is 23.1 Å². The van der Waals surface area contributed by atoms with Crippen molar-refractivity contribution in [3.63, 3.8) is 0 Å². The van der Waals surface area contributed by atoms with Gasteiger partial charge in [0.15, 0.2) is 5.96 Å². The van der Waals surface area contributed by atoms with Crippen LogP contribution < -0.4 is 10.6 Å². The van der Waals surface area contributed by atoms with Crippen LogP contribution in [-0.2, 0) is 6.54 Å². The molecule has 1 unspecified atom stereocenters. The Morgan fingerprint density at radius 2 is 1.96 bits per heavy atom. The average molecular weight is 455 g/mol. The molecule has 1 atom stereocenters. The molecule has 0 spiro atoms. The molecule has 0 saturated carbocycles. The summed E-state index contributed by atoms with van der Waals surface area (Å²) in [6, 6.07) is 12.6. The molecule has 1 aromatic carbocycles. The highest BCUT2D eigenvalue weighted by molar-refractivity contribution is 14.0. The zero-order chi connectivity index (χ0) is 17.0. The number of rotatable bonds is 9. The van der Waals surface area contributed by atoms with Gasteiger partial charge in [0.1, 0.15) is 0 Å². The van der Waals surface area contributed by atoms with Crippen LogP contribution in [-0.4, -0.2) is 35.4 Å². The second-order valence-electron chi connectivity index (χ2n) is 5.78. The third-order valence-corrected chi connectivity index (χ3v) is 3.99. The smallest absolute Gasteiger partial charge is 0.191 e. The third kappa shape index (κ3) is 7.90. The largest absolute Gasteiger partial charge is 0.357 e. The van der Waals surface area contributed by atoms with Crippen molar-refractivity contribution in [2.75, 3.05) is 19.6 Å². The number of aliphatic imine (C=N–C) groups is 1.